The number of benzene rings is 3. The zero-order chi connectivity index (χ0) is 21.3. The highest BCUT2D eigenvalue weighted by atomic mass is 35.5. The third-order valence-corrected chi connectivity index (χ3v) is 4.40. The summed E-state index contributed by atoms with van der Waals surface area (Å²) < 4.78 is 24.6. The first-order valence-corrected chi connectivity index (χ1v) is 9.63. The highest BCUT2D eigenvalue weighted by Crippen LogP contribution is 2.27. The number of carbonyl (C=O) groups is 1. The molecule has 0 aromatic heterocycles. The summed E-state index contributed by atoms with van der Waals surface area (Å²) in [6.45, 7) is -0.154. The Bertz CT molecular complexity index is 1060. The third-order valence-electron chi connectivity index (χ3n) is 3.87. The molecule has 0 aliphatic carbocycles. The molecule has 5 nitrogen and oxygen atoms in total. The summed E-state index contributed by atoms with van der Waals surface area (Å²) in [6.07, 6.45) is 1.46. The van der Waals surface area contributed by atoms with Gasteiger partial charge in [-0.3, -0.25) is 4.79 Å². The first-order chi connectivity index (χ1) is 14.5. The number of amides is 1. The van der Waals surface area contributed by atoms with E-state index >= 15 is 0 Å². The molecule has 154 valence electrons. The number of rotatable bonds is 8. The number of carbonyl (C=O) groups excluding carboxylic acids is 1. The Kier molecular flexibility index (Phi) is 7.65. The van der Waals surface area contributed by atoms with Crippen molar-refractivity contribution in [2.24, 2.45) is 5.10 Å². The van der Waals surface area contributed by atoms with Crippen molar-refractivity contribution in [1.82, 2.24) is 5.43 Å². The van der Waals surface area contributed by atoms with Gasteiger partial charge in [0.05, 0.1) is 11.2 Å². The van der Waals surface area contributed by atoms with E-state index in [-0.39, 0.29) is 19.0 Å². The van der Waals surface area contributed by atoms with E-state index in [4.69, 9.17) is 32.7 Å². The molecule has 0 radical (unpaired) electrons. The van der Waals surface area contributed by atoms with Crippen molar-refractivity contribution < 1.29 is 18.7 Å². The van der Waals surface area contributed by atoms with Gasteiger partial charge in [-0.05, 0) is 42.0 Å². The molecule has 3 aromatic carbocycles. The van der Waals surface area contributed by atoms with Crippen LogP contribution in [0.5, 0.6) is 11.5 Å². The van der Waals surface area contributed by atoms with Gasteiger partial charge in [0.15, 0.2) is 6.61 Å². The SMILES string of the molecule is O=C(COc1ccc(Cl)cc1Cl)N/N=C/c1cccc(OCc2ccccc2F)c1. The van der Waals surface area contributed by atoms with Crippen LogP contribution in [0.2, 0.25) is 10.0 Å². The number of nitrogens with one attached hydrogen (secondary N) is 1. The van der Waals surface area contributed by atoms with Crippen LogP contribution in [-0.4, -0.2) is 18.7 Å². The van der Waals surface area contributed by atoms with E-state index < -0.39 is 5.91 Å². The van der Waals surface area contributed by atoms with Crippen molar-refractivity contribution in [3.8, 4) is 11.5 Å². The van der Waals surface area contributed by atoms with Crippen LogP contribution in [0.25, 0.3) is 0 Å². The Morgan fingerprint density at radius 3 is 2.67 bits per heavy atom. The highest BCUT2D eigenvalue weighted by Gasteiger charge is 2.06. The molecule has 0 saturated heterocycles. The molecule has 0 fully saturated rings. The van der Waals surface area contributed by atoms with Gasteiger partial charge in [0, 0.05) is 10.6 Å². The molecule has 1 amide bonds. The topological polar surface area (TPSA) is 59.9 Å². The average molecular weight is 447 g/mol. The lowest BCUT2D eigenvalue weighted by Crippen LogP contribution is -2.24. The third kappa shape index (κ3) is 6.47. The molecule has 0 spiro atoms. The zero-order valence-corrected chi connectivity index (χ0v) is 17.2. The van der Waals surface area contributed by atoms with Crippen LogP contribution in [0.15, 0.2) is 71.8 Å². The lowest BCUT2D eigenvalue weighted by Gasteiger charge is -2.08. The molecule has 0 aliphatic heterocycles. The van der Waals surface area contributed by atoms with Gasteiger partial charge >= 0.3 is 0 Å². The fraction of sp³-hybridized carbons (Fsp3) is 0.0909. The Labute approximate surface area is 183 Å². The van der Waals surface area contributed by atoms with Crippen LogP contribution in [-0.2, 0) is 11.4 Å². The molecule has 0 aliphatic rings. The quantitative estimate of drug-likeness (QED) is 0.380. The maximum absolute atomic E-state index is 13.7. The number of halogens is 3. The van der Waals surface area contributed by atoms with Gasteiger partial charge < -0.3 is 9.47 Å². The van der Waals surface area contributed by atoms with Crippen LogP contribution in [0.3, 0.4) is 0 Å². The van der Waals surface area contributed by atoms with Crippen LogP contribution in [0, 0.1) is 5.82 Å². The maximum Gasteiger partial charge on any atom is 0.277 e. The second-order valence-corrected chi connectivity index (χ2v) is 6.95. The Balaban J connectivity index is 1.49. The van der Waals surface area contributed by atoms with Crippen LogP contribution in [0.4, 0.5) is 4.39 Å². The summed E-state index contributed by atoms with van der Waals surface area (Å²) in [5.41, 5.74) is 3.52. The van der Waals surface area contributed by atoms with Crippen LogP contribution in [0.1, 0.15) is 11.1 Å². The molecule has 8 heteroatoms. The molecule has 0 saturated carbocycles. The van der Waals surface area contributed by atoms with Gasteiger partial charge in [-0.2, -0.15) is 5.10 Å². The molecule has 0 bridgehead atoms. The number of nitrogens with zero attached hydrogens (tertiary/aromatic N) is 1. The van der Waals surface area contributed by atoms with Gasteiger partial charge in [0.2, 0.25) is 0 Å². The molecule has 0 atom stereocenters. The van der Waals surface area contributed by atoms with E-state index in [1.54, 1.807) is 54.6 Å². The van der Waals surface area contributed by atoms with E-state index in [0.717, 1.165) is 0 Å². The summed E-state index contributed by atoms with van der Waals surface area (Å²) in [7, 11) is 0. The smallest absolute Gasteiger partial charge is 0.277 e. The standard InChI is InChI=1S/C22H17Cl2FN2O3/c23-17-8-9-21(19(24)11-17)30-14-22(28)27-26-12-15-4-3-6-18(10-15)29-13-16-5-1-2-7-20(16)25/h1-12H,13-14H2,(H,27,28)/b26-12+. The van der Waals surface area contributed by atoms with Gasteiger partial charge in [-0.1, -0.05) is 53.5 Å². The molecule has 30 heavy (non-hydrogen) atoms. The normalized spacial score (nSPS) is 10.8. The first kappa shape index (κ1) is 21.6. The summed E-state index contributed by atoms with van der Waals surface area (Å²) in [4.78, 5) is 11.9. The molecule has 1 N–H and O–H groups in total. The van der Waals surface area contributed by atoms with Gasteiger partial charge in [0.1, 0.15) is 23.9 Å². The summed E-state index contributed by atoms with van der Waals surface area (Å²) >= 11 is 11.8. The van der Waals surface area contributed by atoms with Crippen molar-refractivity contribution in [2.75, 3.05) is 6.61 Å². The Hall–Kier alpha value is -3.09. The minimum Gasteiger partial charge on any atom is -0.489 e. The van der Waals surface area contributed by atoms with E-state index in [2.05, 4.69) is 10.5 Å². The lowest BCUT2D eigenvalue weighted by atomic mass is 10.2. The monoisotopic (exact) mass is 446 g/mol. The predicted molar refractivity (Wildman–Crippen MR) is 115 cm³/mol. The highest BCUT2D eigenvalue weighted by molar-refractivity contribution is 6.35. The molecular weight excluding hydrogens is 430 g/mol. The average Bonchev–Trinajstić information content (AvgIpc) is 2.73. The largest absolute Gasteiger partial charge is 0.489 e. The second-order valence-electron chi connectivity index (χ2n) is 6.11. The molecular formula is C22H17Cl2FN2O3. The van der Waals surface area contributed by atoms with Crippen molar-refractivity contribution in [2.45, 2.75) is 6.61 Å². The van der Waals surface area contributed by atoms with Crippen molar-refractivity contribution >= 4 is 35.3 Å². The lowest BCUT2D eigenvalue weighted by molar-refractivity contribution is -0.123. The molecule has 0 heterocycles. The fourth-order valence-electron chi connectivity index (χ4n) is 2.41. The van der Waals surface area contributed by atoms with Gasteiger partial charge in [-0.15, -0.1) is 0 Å². The van der Waals surface area contributed by atoms with Crippen molar-refractivity contribution in [3.05, 3.63) is 93.7 Å². The van der Waals surface area contributed by atoms with E-state index in [1.807, 2.05) is 0 Å². The van der Waals surface area contributed by atoms with E-state index in [9.17, 15) is 9.18 Å². The number of hydrazone groups is 1. The number of hydrogen-bond donors (Lipinski definition) is 1. The minimum absolute atomic E-state index is 0.106. The van der Waals surface area contributed by atoms with Crippen LogP contribution >= 0.6 is 23.2 Å². The maximum atomic E-state index is 13.7. The zero-order valence-electron chi connectivity index (χ0n) is 15.6. The van der Waals surface area contributed by atoms with E-state index in [0.29, 0.717) is 32.7 Å². The molecule has 0 unspecified atom stereocenters. The fourth-order valence-corrected chi connectivity index (χ4v) is 2.87. The van der Waals surface area contributed by atoms with Crippen LogP contribution < -0.4 is 14.9 Å². The number of ether oxygens (including phenoxy) is 2. The molecule has 3 rings (SSSR count). The second kappa shape index (κ2) is 10.6. The summed E-state index contributed by atoms with van der Waals surface area (Å²) in [6, 6.07) is 18.2. The molecule has 3 aromatic rings. The van der Waals surface area contributed by atoms with E-state index in [1.165, 1.54) is 18.3 Å². The summed E-state index contributed by atoms with van der Waals surface area (Å²) in [5.74, 6) is 0.124. The van der Waals surface area contributed by atoms with Gasteiger partial charge in [-0.25, -0.2) is 9.82 Å². The summed E-state index contributed by atoms with van der Waals surface area (Å²) in [5, 5.41) is 4.67. The predicted octanol–water partition coefficient (Wildman–Crippen LogP) is 5.24. The number of hydrogen-bond acceptors (Lipinski definition) is 4. The Morgan fingerprint density at radius 2 is 1.87 bits per heavy atom. The van der Waals surface area contributed by atoms with Crippen molar-refractivity contribution in [1.29, 1.82) is 0 Å². The minimum atomic E-state index is -0.454. The van der Waals surface area contributed by atoms with Crippen molar-refractivity contribution in [3.63, 3.8) is 0 Å². The van der Waals surface area contributed by atoms with Gasteiger partial charge in [0.25, 0.3) is 5.91 Å². The first-order valence-electron chi connectivity index (χ1n) is 8.87. The Morgan fingerprint density at radius 1 is 1.03 bits per heavy atom.